The molecule has 1 aliphatic heterocycles. The molecule has 1 unspecified atom stereocenters. The number of para-hydroxylation sites is 1. The molecule has 1 aromatic carbocycles. The van der Waals surface area contributed by atoms with Crippen molar-refractivity contribution >= 4 is 34.2 Å². The maximum absolute atomic E-state index is 13.3. The third-order valence-electron chi connectivity index (χ3n) is 7.04. The molecule has 208 valence electrons. The second kappa shape index (κ2) is 11.6. The molecule has 0 saturated carbocycles. The number of hydrogen-bond acceptors (Lipinski definition) is 7. The number of amides is 1. The van der Waals surface area contributed by atoms with E-state index in [0.29, 0.717) is 22.9 Å². The number of aromatic nitrogens is 3. The van der Waals surface area contributed by atoms with Crippen LogP contribution in [0, 0.1) is 11.3 Å². The molecule has 9 nitrogen and oxygen atoms in total. The molecule has 0 spiro atoms. The van der Waals surface area contributed by atoms with Crippen molar-refractivity contribution in [1.29, 1.82) is 0 Å². The smallest absolute Gasteiger partial charge is 0.303 e. The molecule has 1 aliphatic rings. The third-order valence-corrected chi connectivity index (χ3v) is 7.04. The number of carbonyl (C=O) groups is 2. The summed E-state index contributed by atoms with van der Waals surface area (Å²) in [5.74, 6) is 1.30. The maximum atomic E-state index is 13.3. The van der Waals surface area contributed by atoms with E-state index >= 15 is 0 Å². The predicted octanol–water partition coefficient (Wildman–Crippen LogP) is 5.50. The topological polar surface area (TPSA) is 112 Å². The number of rotatable bonds is 6. The standard InChI is InChI=1S/C23H31N5O2.C6H12O2/c1-5-23(10-9-15(2)3)11-12-27(14-23)21(29)17-13-18-16-7-6-8-19(30-4)20(16)25-22(24)28(18)26-17;1-5(7)8-6(2,3)4/h6-8,13,15H,5,9-12,14H2,1-4H3,(H2,24,25);1-4H3. The van der Waals surface area contributed by atoms with Gasteiger partial charge in [-0.2, -0.15) is 9.61 Å². The lowest BCUT2D eigenvalue weighted by Gasteiger charge is -2.28. The van der Waals surface area contributed by atoms with Crippen LogP contribution in [-0.2, 0) is 9.53 Å². The molecule has 3 aromatic rings. The summed E-state index contributed by atoms with van der Waals surface area (Å²) in [6, 6.07) is 7.51. The summed E-state index contributed by atoms with van der Waals surface area (Å²) in [5.41, 5.74) is 7.89. The van der Waals surface area contributed by atoms with Crippen molar-refractivity contribution in [3.8, 4) is 5.75 Å². The Balaban J connectivity index is 0.000000436. The van der Waals surface area contributed by atoms with Gasteiger partial charge in [0.05, 0.1) is 12.6 Å². The molecule has 2 N–H and O–H groups in total. The summed E-state index contributed by atoms with van der Waals surface area (Å²) in [4.78, 5) is 29.9. The fourth-order valence-corrected chi connectivity index (χ4v) is 4.99. The van der Waals surface area contributed by atoms with Gasteiger partial charge in [-0.25, -0.2) is 4.98 Å². The number of likely N-dealkylation sites (tertiary alicyclic amines) is 1. The van der Waals surface area contributed by atoms with Crippen LogP contribution in [0.25, 0.3) is 16.4 Å². The van der Waals surface area contributed by atoms with Gasteiger partial charge in [-0.05, 0) is 63.5 Å². The number of hydrogen-bond donors (Lipinski definition) is 1. The number of nitrogens with zero attached hydrogens (tertiary/aromatic N) is 4. The van der Waals surface area contributed by atoms with Gasteiger partial charge in [0, 0.05) is 25.4 Å². The Hall–Kier alpha value is -3.36. The number of esters is 1. The quantitative estimate of drug-likeness (QED) is 0.423. The van der Waals surface area contributed by atoms with Gasteiger partial charge in [0.1, 0.15) is 16.9 Å². The number of anilines is 1. The Kier molecular flexibility index (Phi) is 8.90. The highest BCUT2D eigenvalue weighted by molar-refractivity contribution is 6.01. The lowest BCUT2D eigenvalue weighted by molar-refractivity contribution is -0.151. The number of benzene rings is 1. The molecule has 9 heteroatoms. The average molecular weight is 526 g/mol. The first-order chi connectivity index (χ1) is 17.8. The average Bonchev–Trinajstić information content (AvgIpc) is 3.47. The molecular formula is C29H43N5O4. The van der Waals surface area contributed by atoms with Gasteiger partial charge in [0.2, 0.25) is 5.95 Å². The first-order valence-electron chi connectivity index (χ1n) is 13.4. The summed E-state index contributed by atoms with van der Waals surface area (Å²) in [6.07, 6.45) is 4.51. The fraction of sp³-hybridized carbons (Fsp3) is 0.586. The van der Waals surface area contributed by atoms with Gasteiger partial charge in [-0.1, -0.05) is 39.3 Å². The van der Waals surface area contributed by atoms with E-state index in [2.05, 4.69) is 30.9 Å². The third kappa shape index (κ3) is 6.74. The predicted molar refractivity (Wildman–Crippen MR) is 150 cm³/mol. The molecular weight excluding hydrogens is 482 g/mol. The molecule has 2 aromatic heterocycles. The number of nitrogen functional groups attached to an aromatic ring is 1. The zero-order valence-corrected chi connectivity index (χ0v) is 24.1. The van der Waals surface area contributed by atoms with Crippen LogP contribution in [0.2, 0.25) is 0 Å². The molecule has 0 aliphatic carbocycles. The highest BCUT2D eigenvalue weighted by atomic mass is 16.6. The first-order valence-corrected chi connectivity index (χ1v) is 13.4. The Morgan fingerprint density at radius 1 is 1.24 bits per heavy atom. The van der Waals surface area contributed by atoms with Crippen LogP contribution in [0.1, 0.15) is 84.6 Å². The van der Waals surface area contributed by atoms with Gasteiger partial charge >= 0.3 is 5.97 Å². The number of ether oxygens (including phenoxy) is 2. The fourth-order valence-electron chi connectivity index (χ4n) is 4.99. The summed E-state index contributed by atoms with van der Waals surface area (Å²) >= 11 is 0. The van der Waals surface area contributed by atoms with Crippen molar-refractivity contribution in [3.63, 3.8) is 0 Å². The van der Waals surface area contributed by atoms with E-state index in [1.54, 1.807) is 11.6 Å². The number of methoxy groups -OCH3 is 1. The largest absolute Gasteiger partial charge is 0.494 e. The summed E-state index contributed by atoms with van der Waals surface area (Å²) in [6.45, 7) is 15.3. The van der Waals surface area contributed by atoms with Gasteiger partial charge in [0.25, 0.3) is 5.91 Å². The van der Waals surface area contributed by atoms with E-state index in [1.165, 1.54) is 13.3 Å². The highest BCUT2D eigenvalue weighted by Gasteiger charge is 2.39. The Labute approximate surface area is 225 Å². The zero-order valence-electron chi connectivity index (χ0n) is 24.1. The monoisotopic (exact) mass is 525 g/mol. The van der Waals surface area contributed by atoms with E-state index in [0.717, 1.165) is 43.3 Å². The second-order valence-electron chi connectivity index (χ2n) is 11.6. The summed E-state index contributed by atoms with van der Waals surface area (Å²) in [7, 11) is 1.61. The second-order valence-corrected chi connectivity index (χ2v) is 11.6. The van der Waals surface area contributed by atoms with Crippen LogP contribution < -0.4 is 10.5 Å². The molecule has 1 saturated heterocycles. The molecule has 0 radical (unpaired) electrons. The Morgan fingerprint density at radius 3 is 2.50 bits per heavy atom. The van der Waals surface area contributed by atoms with Crippen LogP contribution >= 0.6 is 0 Å². The van der Waals surface area contributed by atoms with Crippen LogP contribution in [0.4, 0.5) is 5.95 Å². The van der Waals surface area contributed by atoms with Crippen LogP contribution in [0.3, 0.4) is 0 Å². The summed E-state index contributed by atoms with van der Waals surface area (Å²) in [5, 5.41) is 5.37. The highest BCUT2D eigenvalue weighted by Crippen LogP contribution is 2.40. The lowest BCUT2D eigenvalue weighted by Crippen LogP contribution is -2.32. The SMILES string of the molecule is CC(=O)OC(C)(C)C.CCC1(CCC(C)C)CCN(C(=O)c2cc3c4cccc(OC)c4nc(N)n3n2)C1. The van der Waals surface area contributed by atoms with Crippen LogP contribution in [0.5, 0.6) is 5.75 Å². The van der Waals surface area contributed by atoms with Crippen LogP contribution in [-0.4, -0.2) is 57.2 Å². The van der Waals surface area contributed by atoms with Gasteiger partial charge in [0.15, 0.2) is 5.69 Å². The minimum absolute atomic E-state index is 0.0333. The number of carbonyl (C=O) groups excluding carboxylic acids is 2. The van der Waals surface area contributed by atoms with E-state index in [4.69, 9.17) is 15.2 Å². The maximum Gasteiger partial charge on any atom is 0.303 e. The molecule has 1 amide bonds. The number of nitrogens with two attached hydrogens (primary N) is 1. The van der Waals surface area contributed by atoms with Gasteiger partial charge in [-0.15, -0.1) is 0 Å². The minimum atomic E-state index is -0.328. The van der Waals surface area contributed by atoms with Crippen LogP contribution in [0.15, 0.2) is 24.3 Å². The molecule has 1 fully saturated rings. The molecule has 0 bridgehead atoms. The van der Waals surface area contributed by atoms with E-state index < -0.39 is 0 Å². The van der Waals surface area contributed by atoms with Crippen molar-refractivity contribution in [2.45, 2.75) is 79.8 Å². The zero-order chi connectivity index (χ0) is 28.3. The molecule has 3 heterocycles. The van der Waals surface area contributed by atoms with Crippen molar-refractivity contribution in [2.24, 2.45) is 11.3 Å². The summed E-state index contributed by atoms with van der Waals surface area (Å²) < 4.78 is 11.8. The van der Waals surface area contributed by atoms with Gasteiger partial charge in [-0.3, -0.25) is 9.59 Å². The Morgan fingerprint density at radius 2 is 1.95 bits per heavy atom. The first kappa shape index (κ1) is 29.2. The molecule has 4 rings (SSSR count). The van der Waals surface area contributed by atoms with Crippen molar-refractivity contribution in [2.75, 3.05) is 25.9 Å². The van der Waals surface area contributed by atoms with E-state index in [-0.39, 0.29) is 28.8 Å². The lowest BCUT2D eigenvalue weighted by atomic mass is 9.78. The molecule has 38 heavy (non-hydrogen) atoms. The van der Waals surface area contributed by atoms with E-state index in [9.17, 15) is 9.59 Å². The van der Waals surface area contributed by atoms with Crippen molar-refractivity contribution in [1.82, 2.24) is 19.5 Å². The molecule has 1 atom stereocenters. The normalized spacial score (nSPS) is 17.6. The van der Waals surface area contributed by atoms with Crippen molar-refractivity contribution < 1.29 is 19.1 Å². The number of fused-ring (bicyclic) bond motifs is 3. The van der Waals surface area contributed by atoms with Gasteiger partial charge < -0.3 is 20.1 Å². The van der Waals surface area contributed by atoms with Crippen molar-refractivity contribution in [3.05, 3.63) is 30.0 Å². The Bertz CT molecular complexity index is 1290. The van der Waals surface area contributed by atoms with E-state index in [1.807, 2.05) is 49.9 Å². The minimum Gasteiger partial charge on any atom is -0.494 e.